The average Bonchev–Trinajstić information content (AvgIpc) is 2.28. The predicted molar refractivity (Wildman–Crippen MR) is 50.4 cm³/mol. The lowest BCUT2D eigenvalue weighted by atomic mass is 10.2. The molecule has 0 radical (unpaired) electrons. The zero-order valence-electron chi connectivity index (χ0n) is 8.80. The molecule has 0 atom stereocenters. The molecule has 0 bridgehead atoms. The quantitative estimate of drug-likeness (QED) is 0.673. The van der Waals surface area contributed by atoms with Gasteiger partial charge in [0.1, 0.15) is 0 Å². The number of alkyl halides is 5. The highest BCUT2D eigenvalue weighted by atomic mass is 19.4. The van der Waals surface area contributed by atoms with E-state index in [-0.39, 0.29) is 6.61 Å². The number of hydrogen-bond donors (Lipinski definition) is 1. The van der Waals surface area contributed by atoms with Crippen LogP contribution in [0.3, 0.4) is 0 Å². The van der Waals surface area contributed by atoms with Gasteiger partial charge >= 0.3 is 18.0 Å². The number of hydroxylamine groups is 1. The van der Waals surface area contributed by atoms with Gasteiger partial charge < -0.3 is 0 Å². The Morgan fingerprint density at radius 3 is 2.17 bits per heavy atom. The first-order valence-electron chi connectivity index (χ1n) is 4.66. The summed E-state index contributed by atoms with van der Waals surface area (Å²) in [5.41, 5.74) is 1.58. The number of benzene rings is 1. The Balaban J connectivity index is 2.48. The number of hydrogen-bond acceptors (Lipinski definition) is 2. The highest BCUT2D eigenvalue weighted by molar-refractivity contribution is 5.83. The van der Waals surface area contributed by atoms with Crippen LogP contribution in [0.15, 0.2) is 30.3 Å². The van der Waals surface area contributed by atoms with Crippen LogP contribution in [0.4, 0.5) is 22.0 Å². The van der Waals surface area contributed by atoms with Crippen molar-refractivity contribution in [1.29, 1.82) is 0 Å². The number of rotatable bonds is 4. The largest absolute Gasteiger partial charge is 0.463 e. The van der Waals surface area contributed by atoms with E-state index in [4.69, 9.17) is 0 Å². The van der Waals surface area contributed by atoms with Gasteiger partial charge in [0.2, 0.25) is 0 Å². The fourth-order valence-corrected chi connectivity index (χ4v) is 0.952. The lowest BCUT2D eigenvalue weighted by Gasteiger charge is -2.18. The maximum absolute atomic E-state index is 12.4. The van der Waals surface area contributed by atoms with Gasteiger partial charge in [-0.3, -0.25) is 9.63 Å². The van der Waals surface area contributed by atoms with Gasteiger partial charge in [-0.25, -0.2) is 5.48 Å². The average molecular weight is 269 g/mol. The van der Waals surface area contributed by atoms with Gasteiger partial charge in [-0.15, -0.1) is 0 Å². The van der Waals surface area contributed by atoms with Crippen LogP contribution in [0.2, 0.25) is 0 Å². The second-order valence-electron chi connectivity index (χ2n) is 3.28. The summed E-state index contributed by atoms with van der Waals surface area (Å²) in [4.78, 5) is 14.9. The minimum Gasteiger partial charge on any atom is -0.269 e. The molecule has 0 heterocycles. The molecule has 8 heteroatoms. The van der Waals surface area contributed by atoms with Gasteiger partial charge in [0.25, 0.3) is 0 Å². The molecule has 0 aliphatic rings. The van der Waals surface area contributed by atoms with Gasteiger partial charge in [0.15, 0.2) is 0 Å². The summed E-state index contributed by atoms with van der Waals surface area (Å²) in [7, 11) is 0. The zero-order chi connectivity index (χ0) is 13.8. The SMILES string of the molecule is O=C(NOCc1ccccc1)C(F)(F)C(F)(F)F. The van der Waals surface area contributed by atoms with Crippen molar-refractivity contribution >= 4 is 5.91 Å². The third-order valence-electron chi connectivity index (χ3n) is 1.89. The van der Waals surface area contributed by atoms with E-state index in [1.54, 1.807) is 30.3 Å². The summed E-state index contributed by atoms with van der Waals surface area (Å²) in [5.74, 6) is -8.03. The minimum absolute atomic E-state index is 0.319. The van der Waals surface area contributed by atoms with E-state index in [0.717, 1.165) is 5.48 Å². The standard InChI is InChI=1S/C10H8F5NO2/c11-9(12,10(13,14)15)8(17)16-18-6-7-4-2-1-3-5-7/h1-5H,6H2,(H,16,17). The summed E-state index contributed by atoms with van der Waals surface area (Å²) in [6.45, 7) is -0.319. The molecule has 0 unspecified atom stereocenters. The molecule has 1 amide bonds. The summed E-state index contributed by atoms with van der Waals surface area (Å²) >= 11 is 0. The Labute approximate surface area is 98.5 Å². The second kappa shape index (κ2) is 5.30. The van der Waals surface area contributed by atoms with Gasteiger partial charge in [-0.2, -0.15) is 22.0 Å². The molecule has 0 aromatic heterocycles. The first kappa shape index (κ1) is 14.4. The van der Waals surface area contributed by atoms with Crippen molar-refractivity contribution in [2.45, 2.75) is 18.7 Å². The van der Waals surface area contributed by atoms with Crippen molar-refractivity contribution in [1.82, 2.24) is 5.48 Å². The minimum atomic E-state index is -5.95. The number of amides is 1. The molecular formula is C10H8F5NO2. The van der Waals surface area contributed by atoms with Crippen molar-refractivity contribution in [2.75, 3.05) is 0 Å². The van der Waals surface area contributed by atoms with Crippen molar-refractivity contribution in [3.8, 4) is 0 Å². The van der Waals surface area contributed by atoms with E-state index in [2.05, 4.69) is 4.84 Å². The van der Waals surface area contributed by atoms with E-state index in [1.807, 2.05) is 0 Å². The fraction of sp³-hybridized carbons (Fsp3) is 0.300. The summed E-state index contributed by atoms with van der Waals surface area (Å²) in [6.07, 6.45) is -5.95. The van der Waals surface area contributed by atoms with Crippen LogP contribution < -0.4 is 5.48 Å². The van der Waals surface area contributed by atoms with Crippen molar-refractivity contribution < 1.29 is 31.6 Å². The molecule has 0 fully saturated rings. The first-order chi connectivity index (χ1) is 8.25. The molecule has 0 saturated heterocycles. The molecule has 0 aliphatic heterocycles. The molecule has 0 spiro atoms. The van der Waals surface area contributed by atoms with Gasteiger partial charge in [0.05, 0.1) is 6.61 Å². The maximum Gasteiger partial charge on any atom is 0.463 e. The molecule has 100 valence electrons. The molecule has 3 nitrogen and oxygen atoms in total. The Bertz CT molecular complexity index is 404. The number of carbonyl (C=O) groups is 1. The predicted octanol–water partition coefficient (Wildman–Crippen LogP) is 2.43. The molecule has 1 rings (SSSR count). The van der Waals surface area contributed by atoms with Crippen LogP contribution in [0.5, 0.6) is 0 Å². The molecule has 1 N–H and O–H groups in total. The summed E-state index contributed by atoms with van der Waals surface area (Å²) < 4.78 is 60.2. The van der Waals surface area contributed by atoms with Crippen molar-refractivity contribution in [3.05, 3.63) is 35.9 Å². The van der Waals surface area contributed by atoms with Crippen molar-refractivity contribution in [2.24, 2.45) is 0 Å². The summed E-state index contributed by atoms with van der Waals surface area (Å²) in [6, 6.07) is 8.01. The Morgan fingerprint density at radius 2 is 1.67 bits per heavy atom. The van der Waals surface area contributed by atoms with Crippen LogP contribution >= 0.6 is 0 Å². The fourth-order valence-electron chi connectivity index (χ4n) is 0.952. The van der Waals surface area contributed by atoms with E-state index < -0.39 is 18.0 Å². The molecule has 1 aromatic rings. The van der Waals surface area contributed by atoms with E-state index >= 15 is 0 Å². The van der Waals surface area contributed by atoms with Crippen LogP contribution in [0, 0.1) is 0 Å². The lowest BCUT2D eigenvalue weighted by molar-refractivity contribution is -0.274. The van der Waals surface area contributed by atoms with Crippen LogP contribution in [-0.4, -0.2) is 18.0 Å². The molecular weight excluding hydrogens is 261 g/mol. The maximum atomic E-state index is 12.4. The first-order valence-corrected chi connectivity index (χ1v) is 4.66. The molecule has 18 heavy (non-hydrogen) atoms. The van der Waals surface area contributed by atoms with Crippen LogP contribution in [0.1, 0.15) is 5.56 Å². The van der Waals surface area contributed by atoms with Gasteiger partial charge in [0, 0.05) is 0 Å². The highest BCUT2D eigenvalue weighted by Crippen LogP contribution is 2.35. The number of nitrogens with one attached hydrogen (secondary N) is 1. The topological polar surface area (TPSA) is 38.3 Å². The Kier molecular flexibility index (Phi) is 4.23. The van der Waals surface area contributed by atoms with E-state index in [9.17, 15) is 26.7 Å². The molecule has 0 aliphatic carbocycles. The Morgan fingerprint density at radius 1 is 1.11 bits per heavy atom. The number of carbonyl (C=O) groups excluding carboxylic acids is 1. The monoisotopic (exact) mass is 269 g/mol. The smallest absolute Gasteiger partial charge is 0.269 e. The lowest BCUT2D eigenvalue weighted by Crippen LogP contribution is -2.50. The molecule has 1 aromatic carbocycles. The number of halogens is 5. The van der Waals surface area contributed by atoms with Gasteiger partial charge in [-0.1, -0.05) is 30.3 Å². The Hall–Kier alpha value is -1.70. The van der Waals surface area contributed by atoms with E-state index in [0.29, 0.717) is 5.56 Å². The van der Waals surface area contributed by atoms with Crippen molar-refractivity contribution in [3.63, 3.8) is 0 Å². The normalized spacial score (nSPS) is 12.3. The molecule has 0 saturated carbocycles. The van der Waals surface area contributed by atoms with E-state index in [1.165, 1.54) is 0 Å². The van der Waals surface area contributed by atoms with Gasteiger partial charge in [-0.05, 0) is 5.56 Å². The highest BCUT2D eigenvalue weighted by Gasteiger charge is 2.63. The van der Waals surface area contributed by atoms with Crippen LogP contribution in [0.25, 0.3) is 0 Å². The zero-order valence-corrected chi connectivity index (χ0v) is 8.80. The van der Waals surface area contributed by atoms with Crippen LogP contribution in [-0.2, 0) is 16.2 Å². The summed E-state index contributed by atoms with van der Waals surface area (Å²) in [5, 5.41) is 0. The second-order valence-corrected chi connectivity index (χ2v) is 3.28. The third-order valence-corrected chi connectivity index (χ3v) is 1.89. The third kappa shape index (κ3) is 3.39.